The monoisotopic (exact) mass is 385 g/mol. The normalized spacial score (nSPS) is 12.2. The molecule has 0 saturated carbocycles. The molecule has 3 aromatic heterocycles. The van der Waals surface area contributed by atoms with Crippen molar-refractivity contribution in [3.63, 3.8) is 0 Å². The molecule has 0 aliphatic heterocycles. The quantitative estimate of drug-likeness (QED) is 0.459. The second-order valence-corrected chi connectivity index (χ2v) is 8.13. The van der Waals surface area contributed by atoms with Crippen LogP contribution in [0.3, 0.4) is 0 Å². The molecule has 132 valence electrons. The van der Waals surface area contributed by atoms with Crippen molar-refractivity contribution in [1.29, 1.82) is 0 Å². The molecule has 0 amide bonds. The molecule has 1 aromatic carbocycles. The number of anilines is 2. The number of rotatable bonds is 6. The molecule has 0 saturated heterocycles. The fraction of sp³-hybridized carbons (Fsp3) is 0.176. The number of nitrogens with zero attached hydrogens (tertiary/aromatic N) is 4. The molecule has 0 radical (unpaired) electrons. The van der Waals surface area contributed by atoms with Gasteiger partial charge < -0.3 is 14.3 Å². The number of aromatic nitrogens is 4. The second-order valence-electron chi connectivity index (χ2n) is 5.56. The van der Waals surface area contributed by atoms with Gasteiger partial charge in [-0.05, 0) is 43.7 Å². The van der Waals surface area contributed by atoms with Crippen LogP contribution in [0.25, 0.3) is 11.6 Å². The second kappa shape index (κ2) is 7.30. The van der Waals surface area contributed by atoms with E-state index in [-0.39, 0.29) is 5.25 Å². The molecule has 0 spiro atoms. The highest BCUT2D eigenvalue weighted by Crippen LogP contribution is 2.37. The highest BCUT2D eigenvalue weighted by atomic mass is 32.2. The topological polar surface area (TPSA) is 89.9 Å². The summed E-state index contributed by atoms with van der Waals surface area (Å²) in [6.07, 6.45) is 1.58. The van der Waals surface area contributed by atoms with Crippen LogP contribution in [-0.4, -0.2) is 20.3 Å². The van der Waals surface area contributed by atoms with E-state index in [4.69, 9.17) is 8.94 Å². The molecular formula is C17H15N5O2S2. The Kier molecular flexibility index (Phi) is 4.72. The third kappa shape index (κ3) is 3.78. The first-order chi connectivity index (χ1) is 12.7. The lowest BCUT2D eigenvalue weighted by Crippen LogP contribution is -1.89. The van der Waals surface area contributed by atoms with Gasteiger partial charge in [-0.3, -0.25) is 0 Å². The predicted octanol–water partition coefficient (Wildman–Crippen LogP) is 5.09. The Bertz CT molecular complexity index is 996. The number of aryl methyl sites for hydroxylation is 1. The van der Waals surface area contributed by atoms with E-state index in [9.17, 15) is 0 Å². The van der Waals surface area contributed by atoms with Crippen molar-refractivity contribution in [2.75, 3.05) is 5.32 Å². The average Bonchev–Trinajstić information content (AvgIpc) is 3.36. The number of nitrogens with one attached hydrogen (secondary N) is 1. The summed E-state index contributed by atoms with van der Waals surface area (Å²) in [4.78, 5) is 4.38. The lowest BCUT2D eigenvalue weighted by atomic mass is 10.2. The molecule has 0 aliphatic carbocycles. The fourth-order valence-corrected chi connectivity index (χ4v) is 4.21. The molecular weight excluding hydrogens is 370 g/mol. The summed E-state index contributed by atoms with van der Waals surface area (Å²) in [7, 11) is 0. The van der Waals surface area contributed by atoms with Gasteiger partial charge in [0.2, 0.25) is 16.8 Å². The van der Waals surface area contributed by atoms with E-state index in [0.717, 1.165) is 15.2 Å². The molecule has 9 heteroatoms. The van der Waals surface area contributed by atoms with Gasteiger partial charge in [-0.15, -0.1) is 10.2 Å². The van der Waals surface area contributed by atoms with E-state index in [1.807, 2.05) is 19.1 Å². The number of furan rings is 1. The summed E-state index contributed by atoms with van der Waals surface area (Å²) < 4.78 is 11.4. The Morgan fingerprint density at radius 2 is 2.12 bits per heavy atom. The summed E-state index contributed by atoms with van der Waals surface area (Å²) in [5, 5.41) is 16.3. The Labute approximate surface area is 157 Å². The molecule has 4 aromatic rings. The van der Waals surface area contributed by atoms with Gasteiger partial charge in [0.05, 0.1) is 11.5 Å². The zero-order valence-corrected chi connectivity index (χ0v) is 15.7. The zero-order valence-electron chi connectivity index (χ0n) is 14.0. The van der Waals surface area contributed by atoms with Crippen LogP contribution < -0.4 is 5.32 Å². The lowest BCUT2D eigenvalue weighted by molar-refractivity contribution is 0.379. The minimum atomic E-state index is -0.0500. The van der Waals surface area contributed by atoms with Crippen molar-refractivity contribution < 1.29 is 8.94 Å². The minimum absolute atomic E-state index is 0.0500. The van der Waals surface area contributed by atoms with Gasteiger partial charge in [0, 0.05) is 5.69 Å². The summed E-state index contributed by atoms with van der Waals surface area (Å²) in [6.45, 7) is 4.04. The largest absolute Gasteiger partial charge is 0.461 e. The number of benzene rings is 1. The Morgan fingerprint density at radius 1 is 1.19 bits per heavy atom. The molecule has 3 heterocycles. The summed E-state index contributed by atoms with van der Waals surface area (Å²) >= 11 is 3.00. The van der Waals surface area contributed by atoms with Crippen LogP contribution in [0, 0.1) is 6.92 Å². The van der Waals surface area contributed by atoms with E-state index in [2.05, 4.69) is 44.7 Å². The molecule has 0 aliphatic rings. The van der Waals surface area contributed by atoms with Crippen molar-refractivity contribution in [3.05, 3.63) is 54.1 Å². The van der Waals surface area contributed by atoms with Gasteiger partial charge in [-0.2, -0.15) is 4.98 Å². The molecule has 26 heavy (non-hydrogen) atoms. The van der Waals surface area contributed by atoms with Gasteiger partial charge in [0.25, 0.3) is 0 Å². The van der Waals surface area contributed by atoms with Crippen LogP contribution in [0.15, 0.2) is 55.9 Å². The van der Waals surface area contributed by atoms with E-state index in [1.54, 1.807) is 18.4 Å². The van der Waals surface area contributed by atoms with Gasteiger partial charge in [0.15, 0.2) is 10.1 Å². The van der Waals surface area contributed by atoms with E-state index < -0.39 is 0 Å². The molecule has 0 fully saturated rings. The number of hydrogen-bond acceptors (Lipinski definition) is 9. The van der Waals surface area contributed by atoms with Gasteiger partial charge in [0.1, 0.15) is 0 Å². The van der Waals surface area contributed by atoms with Gasteiger partial charge in [-0.1, -0.05) is 40.4 Å². The number of thioether (sulfide) groups is 1. The summed E-state index contributed by atoms with van der Waals surface area (Å²) in [5.41, 5.74) is 2.18. The standard InChI is InChI=1S/C17H15N5O2S2/c1-10-5-3-6-12(9-10)18-16-20-21-17(26-16)25-11(2)15-19-14(22-24-15)13-7-4-8-23-13/h3-9,11H,1-2H3,(H,18,20)/t11-/m0/s1. The third-order valence-electron chi connectivity index (χ3n) is 3.48. The van der Waals surface area contributed by atoms with Crippen LogP contribution >= 0.6 is 23.1 Å². The minimum Gasteiger partial charge on any atom is -0.461 e. The Morgan fingerprint density at radius 3 is 2.92 bits per heavy atom. The van der Waals surface area contributed by atoms with Crippen LogP contribution in [0.4, 0.5) is 10.8 Å². The summed E-state index contributed by atoms with van der Waals surface area (Å²) in [6, 6.07) is 11.7. The van der Waals surface area contributed by atoms with E-state index >= 15 is 0 Å². The summed E-state index contributed by atoms with van der Waals surface area (Å²) in [5.74, 6) is 1.54. The van der Waals surface area contributed by atoms with Crippen molar-refractivity contribution in [1.82, 2.24) is 20.3 Å². The van der Waals surface area contributed by atoms with E-state index in [0.29, 0.717) is 17.5 Å². The van der Waals surface area contributed by atoms with Gasteiger partial charge in [-0.25, -0.2) is 0 Å². The first-order valence-electron chi connectivity index (χ1n) is 7.89. The zero-order chi connectivity index (χ0) is 17.9. The molecule has 7 nitrogen and oxygen atoms in total. The van der Waals surface area contributed by atoms with Crippen LogP contribution in [0.5, 0.6) is 0 Å². The van der Waals surface area contributed by atoms with Crippen LogP contribution in [-0.2, 0) is 0 Å². The SMILES string of the molecule is Cc1cccc(Nc2nnc(S[C@@H](C)c3nc(-c4ccco4)no3)s2)c1. The fourth-order valence-electron chi connectivity index (χ4n) is 2.26. The van der Waals surface area contributed by atoms with Crippen LogP contribution in [0.2, 0.25) is 0 Å². The molecule has 0 unspecified atom stereocenters. The highest BCUT2D eigenvalue weighted by molar-refractivity contribution is 8.01. The van der Waals surface area contributed by atoms with Gasteiger partial charge >= 0.3 is 0 Å². The first kappa shape index (κ1) is 16.8. The van der Waals surface area contributed by atoms with Crippen molar-refractivity contribution >= 4 is 33.9 Å². The third-order valence-corrected chi connectivity index (χ3v) is 5.49. The van der Waals surface area contributed by atoms with E-state index in [1.165, 1.54) is 28.7 Å². The Balaban J connectivity index is 1.42. The Hall–Kier alpha value is -2.65. The molecule has 0 bridgehead atoms. The molecule has 1 N–H and O–H groups in total. The predicted molar refractivity (Wildman–Crippen MR) is 101 cm³/mol. The molecule has 1 atom stereocenters. The number of hydrogen-bond donors (Lipinski definition) is 1. The first-order valence-corrected chi connectivity index (χ1v) is 9.58. The molecule has 4 rings (SSSR count). The lowest BCUT2D eigenvalue weighted by Gasteiger charge is -2.02. The maximum atomic E-state index is 5.34. The average molecular weight is 385 g/mol. The maximum absolute atomic E-state index is 5.34. The smallest absolute Gasteiger partial charge is 0.240 e. The van der Waals surface area contributed by atoms with Crippen LogP contribution in [0.1, 0.15) is 23.6 Å². The van der Waals surface area contributed by atoms with Crippen molar-refractivity contribution in [3.8, 4) is 11.6 Å². The van der Waals surface area contributed by atoms with Crippen molar-refractivity contribution in [2.24, 2.45) is 0 Å². The maximum Gasteiger partial charge on any atom is 0.240 e. The highest BCUT2D eigenvalue weighted by Gasteiger charge is 2.19. The van der Waals surface area contributed by atoms with Crippen molar-refractivity contribution in [2.45, 2.75) is 23.4 Å².